The van der Waals surface area contributed by atoms with Gasteiger partial charge >= 0.3 is 0 Å². The summed E-state index contributed by atoms with van der Waals surface area (Å²) in [4.78, 5) is 62.0. The van der Waals surface area contributed by atoms with Crippen LogP contribution in [0.25, 0.3) is 0 Å². The minimum Gasteiger partial charge on any atom is -0.507 e. The smallest absolute Gasteiger partial charge is 0.221 e. The highest BCUT2D eigenvalue weighted by Gasteiger charge is 2.52. The minimum absolute atomic E-state index is 0.589. The van der Waals surface area contributed by atoms with Gasteiger partial charge < -0.3 is 156 Å². The minimum atomic E-state index is -2.58. The molecule has 0 radical (unpaired) electrons. The highest BCUT2D eigenvalue weighted by Crippen LogP contribution is 2.32. The monoisotopic (exact) mass is 1210 g/mol. The Morgan fingerprint density at radius 1 is 0.482 bits per heavy atom. The number of amides is 5. The first-order valence-corrected chi connectivity index (χ1v) is 25.9. The van der Waals surface area contributed by atoms with E-state index in [1.54, 1.807) is 0 Å². The molecule has 4 rings (SSSR count). The summed E-state index contributed by atoms with van der Waals surface area (Å²) in [5.41, 5.74) is -1.92. The van der Waals surface area contributed by atoms with E-state index in [1.807, 2.05) is 0 Å². The second kappa shape index (κ2) is 32.8. The van der Waals surface area contributed by atoms with E-state index in [4.69, 9.17) is 47.4 Å². The Kier molecular flexibility index (Phi) is 28.1. The fraction of sp³-hybridized carbons (Fsp3) is 0.809. The van der Waals surface area contributed by atoms with E-state index in [0.29, 0.717) is 0 Å². The van der Waals surface area contributed by atoms with E-state index in [0.717, 1.165) is 34.6 Å². The zero-order valence-corrected chi connectivity index (χ0v) is 45.8. The second-order valence-corrected chi connectivity index (χ2v) is 19.6. The van der Waals surface area contributed by atoms with Crippen LogP contribution in [-0.4, -0.2) is 298 Å². The van der Waals surface area contributed by atoms with Crippen LogP contribution in [0.2, 0.25) is 0 Å². The molecule has 4 aliphatic rings. The molecule has 4 aliphatic heterocycles. The number of nitrogens with one attached hydrogen (secondary N) is 5. The van der Waals surface area contributed by atoms with E-state index < -0.39 is 253 Å². The van der Waals surface area contributed by atoms with Crippen LogP contribution in [0, 0.1) is 0 Å². The fourth-order valence-corrected chi connectivity index (χ4v) is 9.15. The molecule has 5 amide bonds. The molecule has 83 heavy (non-hydrogen) atoms. The molecule has 0 aromatic carbocycles. The van der Waals surface area contributed by atoms with Crippen molar-refractivity contribution < 1.29 is 153 Å². The molecule has 478 valence electrons. The first kappa shape index (κ1) is 71.0. The normalized spacial score (nSPS) is 36.0. The predicted molar refractivity (Wildman–Crippen MR) is 265 cm³/mol. The molecule has 0 saturated carbocycles. The lowest BCUT2D eigenvalue weighted by molar-refractivity contribution is -0.318. The van der Waals surface area contributed by atoms with Crippen molar-refractivity contribution in [2.24, 2.45) is 0 Å². The van der Waals surface area contributed by atoms with Crippen molar-refractivity contribution in [3.63, 3.8) is 0 Å². The number of ether oxygens (including phenoxy) is 10. The van der Waals surface area contributed by atoms with Gasteiger partial charge in [0, 0.05) is 60.7 Å². The van der Waals surface area contributed by atoms with Gasteiger partial charge in [0.1, 0.15) is 133 Å². The van der Waals surface area contributed by atoms with E-state index in [1.165, 1.54) is 6.92 Å². The third kappa shape index (κ3) is 19.0. The van der Waals surface area contributed by atoms with Crippen LogP contribution in [-0.2, 0) is 71.3 Å². The lowest BCUT2D eigenvalue weighted by atomic mass is 9.96. The van der Waals surface area contributed by atoms with E-state index in [9.17, 15) is 106 Å². The van der Waals surface area contributed by atoms with Gasteiger partial charge in [0.25, 0.3) is 0 Å². The molecule has 0 aliphatic carbocycles. The first-order chi connectivity index (χ1) is 39.0. The van der Waals surface area contributed by atoms with Crippen LogP contribution < -0.4 is 26.6 Å². The van der Waals surface area contributed by atoms with Crippen LogP contribution in [0.4, 0.5) is 0 Å². The standard InChI is InChI=1S/C47H79N5O31/c1-15-31(62)38(69)39(70)47(76-15)75-14-74-13-25-41(36(67)28(42(71)77-25)50-18(4)59)83-44(73)27(49-17(3)58)33(64)22(8-10-54)79-46-30(52-20(6)61)37(68)40(24(12-56)81-46)82-43(72)26(48-16(2)57)32(63)21(7-9-53)78-45-29(51-19(5)60)35(66)34(65)23(11-55)80-45/h15,21-25,28-31,34-47,53-56,62-73H,7-14H2,1-6H3,(H,48,57)(H,49,58)(H,50,59)(H,51,60)(H,52,61)/b32-26+,33-27+. The van der Waals surface area contributed by atoms with Crippen molar-refractivity contribution in [3.05, 3.63) is 22.9 Å². The third-order valence-corrected chi connectivity index (χ3v) is 13.2. The largest absolute Gasteiger partial charge is 0.507 e. The summed E-state index contributed by atoms with van der Waals surface area (Å²) in [7, 11) is 0. The number of carbonyl (C=O) groups excluding carboxylic acids is 5. The van der Waals surface area contributed by atoms with Crippen molar-refractivity contribution in [3.8, 4) is 0 Å². The van der Waals surface area contributed by atoms with E-state index >= 15 is 0 Å². The van der Waals surface area contributed by atoms with Crippen molar-refractivity contribution in [1.29, 1.82) is 0 Å². The van der Waals surface area contributed by atoms with Crippen LogP contribution in [0.5, 0.6) is 0 Å². The molecule has 4 heterocycles. The van der Waals surface area contributed by atoms with Crippen LogP contribution >= 0.6 is 0 Å². The zero-order chi connectivity index (χ0) is 62.3. The maximum absolute atomic E-state index is 12.7. The lowest BCUT2D eigenvalue weighted by Crippen LogP contribution is -2.66. The fourth-order valence-electron chi connectivity index (χ4n) is 9.15. The summed E-state index contributed by atoms with van der Waals surface area (Å²) in [6.07, 6.45) is -40.2. The van der Waals surface area contributed by atoms with Gasteiger partial charge in [0.2, 0.25) is 29.5 Å². The van der Waals surface area contributed by atoms with Crippen LogP contribution in [0.1, 0.15) is 54.4 Å². The quantitative estimate of drug-likeness (QED) is 0.0196. The van der Waals surface area contributed by atoms with Gasteiger partial charge in [0.15, 0.2) is 37.7 Å². The Morgan fingerprint density at radius 3 is 1.36 bits per heavy atom. The molecule has 21 N–H and O–H groups in total. The predicted octanol–water partition coefficient (Wildman–Crippen LogP) is -10.3. The Hall–Kier alpha value is -4.53. The molecule has 0 aromatic heterocycles. The highest BCUT2D eigenvalue weighted by molar-refractivity contribution is 5.76. The number of aliphatic hydroxyl groups is 16. The summed E-state index contributed by atoms with van der Waals surface area (Å²) in [5, 5.41) is 184. The van der Waals surface area contributed by atoms with E-state index in [2.05, 4.69) is 26.6 Å². The maximum atomic E-state index is 12.7. The van der Waals surface area contributed by atoms with Gasteiger partial charge in [-0.2, -0.15) is 0 Å². The van der Waals surface area contributed by atoms with Crippen LogP contribution in [0.15, 0.2) is 22.9 Å². The van der Waals surface area contributed by atoms with Crippen molar-refractivity contribution in [2.75, 3.05) is 39.8 Å². The average molecular weight is 1210 g/mol. The summed E-state index contributed by atoms with van der Waals surface area (Å²) in [5.74, 6) is -6.74. The van der Waals surface area contributed by atoms with Gasteiger partial charge in [-0.1, -0.05) is 0 Å². The van der Waals surface area contributed by atoms with Gasteiger partial charge in [0.05, 0.1) is 25.9 Å². The van der Waals surface area contributed by atoms with Crippen molar-refractivity contribution >= 4 is 29.5 Å². The Labute approximate surface area is 473 Å². The molecule has 36 nitrogen and oxygen atoms in total. The van der Waals surface area contributed by atoms with Gasteiger partial charge in [-0.15, -0.1) is 0 Å². The van der Waals surface area contributed by atoms with E-state index in [-0.39, 0.29) is 0 Å². The molecule has 24 atom stereocenters. The number of rotatable bonds is 28. The SMILES string of the molecule is CC(=O)N/C(=C(/O)C(CCO)OC1OC(CO)C(O)C(O)C1NC(C)=O)C(O)OC1C(CO)OC(OC(CCO)/C(O)=C(\NC(C)=O)C(O)OC2C(COCOC3OC(C)C(O)C(O)C3O)OC(O)C(NC(C)=O)C2O)C(NC(C)=O)C1O. The van der Waals surface area contributed by atoms with Crippen LogP contribution in [0.3, 0.4) is 0 Å². The van der Waals surface area contributed by atoms with Crippen molar-refractivity contribution in [1.82, 2.24) is 26.6 Å². The molecule has 24 unspecified atom stereocenters. The molecule has 0 aromatic rings. The maximum Gasteiger partial charge on any atom is 0.221 e. The summed E-state index contributed by atoms with van der Waals surface area (Å²) < 4.78 is 56.3. The molecular formula is C47H79N5O31. The van der Waals surface area contributed by atoms with Crippen molar-refractivity contribution in [2.45, 2.75) is 202 Å². The third-order valence-electron chi connectivity index (χ3n) is 13.2. The van der Waals surface area contributed by atoms with Gasteiger partial charge in [-0.3, -0.25) is 24.0 Å². The lowest BCUT2D eigenvalue weighted by Gasteiger charge is -2.45. The number of hydrogen-bond donors (Lipinski definition) is 21. The van der Waals surface area contributed by atoms with Gasteiger partial charge in [-0.05, 0) is 6.92 Å². The number of carbonyl (C=O) groups is 5. The Bertz CT molecular complexity index is 2180. The summed E-state index contributed by atoms with van der Waals surface area (Å²) >= 11 is 0. The highest BCUT2D eigenvalue weighted by atomic mass is 16.8. The molecule has 4 saturated heterocycles. The Balaban J connectivity index is 1.65. The summed E-state index contributed by atoms with van der Waals surface area (Å²) in [6.45, 7) is 1.10. The molecule has 0 bridgehead atoms. The van der Waals surface area contributed by atoms with Gasteiger partial charge in [-0.25, -0.2) is 0 Å². The molecule has 4 fully saturated rings. The zero-order valence-electron chi connectivity index (χ0n) is 45.8. The summed E-state index contributed by atoms with van der Waals surface area (Å²) in [6, 6.07) is -5.14. The molecular weight excluding hydrogens is 1130 g/mol. The first-order valence-electron chi connectivity index (χ1n) is 25.9. The second-order valence-electron chi connectivity index (χ2n) is 19.6. The number of hydrogen-bond acceptors (Lipinski definition) is 31. The Morgan fingerprint density at radius 2 is 0.916 bits per heavy atom. The molecule has 0 spiro atoms. The molecule has 36 heteroatoms. The average Bonchev–Trinajstić information content (AvgIpc) is 3.10. The number of aliphatic hydroxyl groups excluding tert-OH is 16. The topological polar surface area (TPSA) is 561 Å².